The van der Waals surface area contributed by atoms with Gasteiger partial charge in [-0.1, -0.05) is 12.2 Å². The third-order valence-electron chi connectivity index (χ3n) is 5.73. The van der Waals surface area contributed by atoms with Crippen LogP contribution in [0, 0.1) is 17.3 Å². The van der Waals surface area contributed by atoms with E-state index in [0.29, 0.717) is 11.8 Å². The Bertz CT molecular complexity index is 510. The molecule has 0 radical (unpaired) electrons. The molecule has 4 fully saturated rings. The van der Waals surface area contributed by atoms with Crippen LogP contribution in [0.25, 0.3) is 0 Å². The van der Waals surface area contributed by atoms with Crippen LogP contribution in [0.5, 0.6) is 0 Å². The molecule has 7 unspecified atom stereocenters. The van der Waals surface area contributed by atoms with Crippen LogP contribution < -0.4 is 0 Å². The van der Waals surface area contributed by atoms with Crippen LogP contribution in [0.1, 0.15) is 26.7 Å². The van der Waals surface area contributed by atoms with Crippen molar-refractivity contribution >= 4 is 5.97 Å². The highest BCUT2D eigenvalue weighted by molar-refractivity contribution is 5.81. The Kier molecular flexibility index (Phi) is 1.66. The fourth-order valence-corrected chi connectivity index (χ4v) is 5.32. The lowest BCUT2D eigenvalue weighted by Gasteiger charge is -2.36. The molecule has 0 aromatic heterocycles. The minimum absolute atomic E-state index is 0.00303. The largest absolute Gasteiger partial charge is 0.459 e. The fraction of sp³-hybridized carbons (Fsp3) is 0.800. The second kappa shape index (κ2) is 2.91. The monoisotopic (exact) mass is 262 g/mol. The van der Waals surface area contributed by atoms with Crippen LogP contribution in [0.3, 0.4) is 0 Å². The summed E-state index contributed by atoms with van der Waals surface area (Å²) in [5.41, 5.74) is -0.758. The summed E-state index contributed by atoms with van der Waals surface area (Å²) in [6.07, 6.45) is 6.46. The maximum atomic E-state index is 12.4. The van der Waals surface area contributed by atoms with Gasteiger partial charge in [-0.25, -0.2) is 0 Å². The van der Waals surface area contributed by atoms with E-state index in [2.05, 4.69) is 12.2 Å². The molecule has 0 N–H and O–H groups in total. The van der Waals surface area contributed by atoms with Gasteiger partial charge in [0.25, 0.3) is 0 Å². The van der Waals surface area contributed by atoms with E-state index in [4.69, 9.17) is 14.2 Å². The molecule has 4 bridgehead atoms. The number of carbonyl (C=O) groups excluding carboxylic acids is 1. The van der Waals surface area contributed by atoms with Crippen LogP contribution in [-0.4, -0.2) is 36.0 Å². The number of rotatable bonds is 0. The second-order valence-electron chi connectivity index (χ2n) is 7.39. The summed E-state index contributed by atoms with van der Waals surface area (Å²) in [6.45, 7) is 4.00. The molecule has 0 saturated carbocycles. The van der Waals surface area contributed by atoms with Gasteiger partial charge in [0.15, 0.2) is 0 Å². The molecular formula is C15H18O4. The molecule has 5 aliphatic rings. The number of ether oxygens (including phenoxy) is 3. The van der Waals surface area contributed by atoms with Gasteiger partial charge in [-0.05, 0) is 20.3 Å². The second-order valence-corrected chi connectivity index (χ2v) is 7.39. The minimum atomic E-state index is -0.406. The fourth-order valence-electron chi connectivity index (χ4n) is 5.32. The Morgan fingerprint density at radius 2 is 1.89 bits per heavy atom. The molecule has 4 nitrogen and oxygen atoms in total. The SMILES string of the molecule is CC1(C)CC2(CC3OC2C2C4C=CC(O4)C32)C(=O)O1. The average molecular weight is 262 g/mol. The van der Waals surface area contributed by atoms with Gasteiger partial charge in [-0.2, -0.15) is 0 Å². The van der Waals surface area contributed by atoms with Crippen molar-refractivity contribution in [1.82, 2.24) is 0 Å². The topological polar surface area (TPSA) is 44.8 Å². The molecule has 0 aliphatic carbocycles. The van der Waals surface area contributed by atoms with Gasteiger partial charge in [0.1, 0.15) is 11.0 Å². The lowest BCUT2D eigenvalue weighted by molar-refractivity contribution is -0.155. The van der Waals surface area contributed by atoms with Crippen LogP contribution in [0.2, 0.25) is 0 Å². The van der Waals surface area contributed by atoms with Crippen molar-refractivity contribution in [2.24, 2.45) is 17.3 Å². The summed E-state index contributed by atoms with van der Waals surface area (Å²) in [6, 6.07) is 0. The summed E-state index contributed by atoms with van der Waals surface area (Å²) >= 11 is 0. The summed E-state index contributed by atoms with van der Waals surface area (Å²) in [7, 11) is 0. The summed E-state index contributed by atoms with van der Waals surface area (Å²) in [5, 5.41) is 0. The Labute approximate surface area is 112 Å². The van der Waals surface area contributed by atoms with Crippen molar-refractivity contribution in [1.29, 1.82) is 0 Å². The first kappa shape index (κ1) is 10.9. The van der Waals surface area contributed by atoms with Gasteiger partial charge in [0, 0.05) is 18.3 Å². The lowest BCUT2D eigenvalue weighted by atomic mass is 9.60. The van der Waals surface area contributed by atoms with E-state index in [-0.39, 0.29) is 36.0 Å². The Balaban J connectivity index is 1.57. The van der Waals surface area contributed by atoms with Crippen molar-refractivity contribution in [3.05, 3.63) is 12.2 Å². The van der Waals surface area contributed by atoms with Gasteiger partial charge in [0.2, 0.25) is 0 Å². The third kappa shape index (κ3) is 1.08. The van der Waals surface area contributed by atoms with E-state index in [1.807, 2.05) is 13.8 Å². The van der Waals surface area contributed by atoms with E-state index in [1.54, 1.807) is 0 Å². The highest BCUT2D eigenvalue weighted by atomic mass is 16.6. The highest BCUT2D eigenvalue weighted by Crippen LogP contribution is 2.64. The standard InChI is InChI=1S/C15H18O4/c1-14(2)6-15(13(16)19-14)5-9-10-7-3-4-8(17-7)11(10)12(15)18-9/h3-4,7-12H,5-6H2,1-2H3. The van der Waals surface area contributed by atoms with Crippen LogP contribution in [-0.2, 0) is 19.0 Å². The van der Waals surface area contributed by atoms with Gasteiger partial charge in [0.05, 0.1) is 24.4 Å². The Hall–Kier alpha value is -0.870. The summed E-state index contributed by atoms with van der Waals surface area (Å²) in [4.78, 5) is 12.4. The molecule has 5 rings (SSSR count). The maximum Gasteiger partial charge on any atom is 0.315 e. The molecule has 1 spiro atoms. The Morgan fingerprint density at radius 3 is 2.58 bits per heavy atom. The molecule has 0 amide bonds. The molecule has 0 aromatic rings. The van der Waals surface area contributed by atoms with E-state index < -0.39 is 5.41 Å². The minimum Gasteiger partial charge on any atom is -0.459 e. The molecule has 0 aromatic carbocycles. The molecule has 5 aliphatic heterocycles. The highest BCUT2D eigenvalue weighted by Gasteiger charge is 2.73. The van der Waals surface area contributed by atoms with Crippen molar-refractivity contribution in [3.63, 3.8) is 0 Å². The van der Waals surface area contributed by atoms with Crippen molar-refractivity contribution in [2.45, 2.75) is 56.7 Å². The van der Waals surface area contributed by atoms with E-state index in [1.165, 1.54) is 0 Å². The van der Waals surface area contributed by atoms with Gasteiger partial charge >= 0.3 is 5.97 Å². The molecule has 19 heavy (non-hydrogen) atoms. The Morgan fingerprint density at radius 1 is 1.16 bits per heavy atom. The van der Waals surface area contributed by atoms with E-state index >= 15 is 0 Å². The van der Waals surface area contributed by atoms with E-state index in [0.717, 1.165) is 12.8 Å². The quantitative estimate of drug-likeness (QED) is 0.489. The zero-order valence-electron chi connectivity index (χ0n) is 11.2. The predicted molar refractivity (Wildman–Crippen MR) is 65.3 cm³/mol. The van der Waals surface area contributed by atoms with E-state index in [9.17, 15) is 4.79 Å². The zero-order chi connectivity index (χ0) is 13.0. The van der Waals surface area contributed by atoms with Gasteiger partial charge in [-0.3, -0.25) is 4.79 Å². The number of hydrogen-bond acceptors (Lipinski definition) is 4. The van der Waals surface area contributed by atoms with Crippen LogP contribution >= 0.6 is 0 Å². The first-order chi connectivity index (χ1) is 9.00. The molecule has 5 heterocycles. The summed E-state index contributed by atoms with van der Waals surface area (Å²) < 4.78 is 17.8. The number of esters is 1. The molecule has 7 atom stereocenters. The first-order valence-corrected chi connectivity index (χ1v) is 7.23. The smallest absolute Gasteiger partial charge is 0.315 e. The van der Waals surface area contributed by atoms with Crippen LogP contribution in [0.15, 0.2) is 12.2 Å². The number of hydrogen-bond donors (Lipinski definition) is 0. The number of fused-ring (bicyclic) bond motifs is 10. The third-order valence-corrected chi connectivity index (χ3v) is 5.73. The van der Waals surface area contributed by atoms with Gasteiger partial charge < -0.3 is 14.2 Å². The average Bonchev–Trinajstić information content (AvgIpc) is 3.06. The number of carbonyl (C=O) groups is 1. The molecule has 102 valence electrons. The molecule has 4 saturated heterocycles. The molecular weight excluding hydrogens is 244 g/mol. The van der Waals surface area contributed by atoms with Crippen molar-refractivity contribution in [3.8, 4) is 0 Å². The van der Waals surface area contributed by atoms with Crippen molar-refractivity contribution < 1.29 is 19.0 Å². The summed E-state index contributed by atoms with van der Waals surface area (Å²) in [5.74, 6) is 0.771. The lowest BCUT2D eigenvalue weighted by Crippen LogP contribution is -2.47. The maximum absolute atomic E-state index is 12.4. The normalized spacial score (nSPS) is 59.2. The van der Waals surface area contributed by atoms with Crippen LogP contribution in [0.4, 0.5) is 0 Å². The number of cyclic esters (lactones) is 1. The zero-order valence-corrected chi connectivity index (χ0v) is 11.2. The van der Waals surface area contributed by atoms with Crippen molar-refractivity contribution in [2.75, 3.05) is 0 Å². The molecule has 4 heteroatoms. The first-order valence-electron chi connectivity index (χ1n) is 7.23. The van der Waals surface area contributed by atoms with Gasteiger partial charge in [-0.15, -0.1) is 0 Å². The predicted octanol–water partition coefficient (Wildman–Crippen LogP) is 1.44.